The summed E-state index contributed by atoms with van der Waals surface area (Å²) in [5.41, 5.74) is 3.31. The number of benzene rings is 1. The molecule has 1 atom stereocenters. The van der Waals surface area contributed by atoms with E-state index < -0.39 is 0 Å². The molecule has 3 rings (SSSR count). The number of fused-ring (bicyclic) bond motifs is 3. The summed E-state index contributed by atoms with van der Waals surface area (Å²) in [6.45, 7) is 6.18. The maximum atomic E-state index is 9.29. The fraction of sp³-hybridized carbons (Fsp3) is 0.333. The van der Waals surface area contributed by atoms with Gasteiger partial charge in [-0.25, -0.2) is 4.98 Å². The zero-order valence-corrected chi connectivity index (χ0v) is 12.0. The molecule has 0 spiro atoms. The van der Waals surface area contributed by atoms with Gasteiger partial charge in [-0.3, -0.25) is 4.40 Å². The summed E-state index contributed by atoms with van der Waals surface area (Å²) in [5.74, 6) is 0.286. The number of hydrogen-bond acceptors (Lipinski definition) is 3. The van der Waals surface area contributed by atoms with E-state index in [9.17, 15) is 5.26 Å². The third-order valence-corrected chi connectivity index (χ3v) is 4.42. The predicted molar refractivity (Wildman–Crippen MR) is 78.5 cm³/mol. The smallest absolute Gasteiger partial charge is 0.194 e. The molecule has 3 aromatic rings. The number of aromatic nitrogens is 2. The van der Waals surface area contributed by atoms with E-state index in [0.717, 1.165) is 16.2 Å². The first-order chi connectivity index (χ1) is 9.10. The van der Waals surface area contributed by atoms with Crippen LogP contribution in [0.5, 0.6) is 0 Å². The van der Waals surface area contributed by atoms with Gasteiger partial charge in [-0.1, -0.05) is 31.3 Å². The molecule has 2 heterocycles. The van der Waals surface area contributed by atoms with Crippen LogP contribution in [0.15, 0.2) is 24.4 Å². The molecule has 19 heavy (non-hydrogen) atoms. The fourth-order valence-corrected chi connectivity index (χ4v) is 3.53. The van der Waals surface area contributed by atoms with Crippen molar-refractivity contribution < 1.29 is 0 Å². The monoisotopic (exact) mass is 269 g/mol. The summed E-state index contributed by atoms with van der Waals surface area (Å²) in [5, 5.41) is 9.29. The number of aryl methyl sites for hydroxylation is 1. The molecule has 0 fully saturated rings. The first-order valence-electron chi connectivity index (χ1n) is 6.38. The Bertz CT molecular complexity index is 789. The zero-order valence-electron chi connectivity index (χ0n) is 11.2. The van der Waals surface area contributed by atoms with Crippen molar-refractivity contribution in [2.24, 2.45) is 5.92 Å². The standard InChI is InChI=1S/C15H15N3S/c1-9(2)12(7-16)11-4-5-13-14(6-11)19-15-17-10(3)8-18(13)15/h4-6,8-9,12H,1-3H3. The Kier molecular flexibility index (Phi) is 2.79. The molecule has 1 aromatic carbocycles. The zero-order chi connectivity index (χ0) is 13.6. The molecule has 0 aliphatic heterocycles. The lowest BCUT2D eigenvalue weighted by atomic mass is 9.90. The minimum atomic E-state index is -0.0412. The van der Waals surface area contributed by atoms with Crippen molar-refractivity contribution in [3.8, 4) is 6.07 Å². The molecule has 0 amide bonds. The van der Waals surface area contributed by atoms with E-state index in [2.05, 4.69) is 53.7 Å². The first kappa shape index (κ1) is 12.2. The highest BCUT2D eigenvalue weighted by molar-refractivity contribution is 7.23. The molecular formula is C15H15N3S. The van der Waals surface area contributed by atoms with Gasteiger partial charge in [0.15, 0.2) is 4.96 Å². The Morgan fingerprint density at radius 2 is 2.16 bits per heavy atom. The quantitative estimate of drug-likeness (QED) is 0.702. The number of imidazole rings is 1. The predicted octanol–water partition coefficient (Wildman–Crippen LogP) is 4.12. The topological polar surface area (TPSA) is 41.1 Å². The molecule has 0 aliphatic carbocycles. The summed E-state index contributed by atoms with van der Waals surface area (Å²) in [7, 11) is 0. The van der Waals surface area contributed by atoms with Crippen molar-refractivity contribution in [3.63, 3.8) is 0 Å². The van der Waals surface area contributed by atoms with Crippen LogP contribution in [0.1, 0.15) is 31.0 Å². The summed E-state index contributed by atoms with van der Waals surface area (Å²) in [6, 6.07) is 8.70. The molecule has 1 unspecified atom stereocenters. The van der Waals surface area contributed by atoms with Gasteiger partial charge in [0, 0.05) is 6.20 Å². The van der Waals surface area contributed by atoms with Crippen LogP contribution in [0, 0.1) is 24.2 Å². The van der Waals surface area contributed by atoms with Crippen LogP contribution >= 0.6 is 11.3 Å². The number of rotatable bonds is 2. The molecule has 0 radical (unpaired) electrons. The van der Waals surface area contributed by atoms with Crippen molar-refractivity contribution in [2.45, 2.75) is 26.7 Å². The van der Waals surface area contributed by atoms with Crippen LogP contribution in [0.25, 0.3) is 15.2 Å². The summed E-state index contributed by atoms with van der Waals surface area (Å²) < 4.78 is 3.32. The molecule has 2 aromatic heterocycles. The summed E-state index contributed by atoms with van der Waals surface area (Å²) in [4.78, 5) is 5.51. The molecular weight excluding hydrogens is 254 g/mol. The van der Waals surface area contributed by atoms with E-state index in [1.54, 1.807) is 11.3 Å². The molecule has 0 saturated heterocycles. The molecule has 0 bridgehead atoms. The third kappa shape index (κ3) is 1.91. The van der Waals surface area contributed by atoms with Gasteiger partial charge < -0.3 is 0 Å². The van der Waals surface area contributed by atoms with E-state index >= 15 is 0 Å². The van der Waals surface area contributed by atoms with Crippen molar-refractivity contribution in [3.05, 3.63) is 35.7 Å². The number of thiazole rings is 1. The molecule has 3 nitrogen and oxygen atoms in total. The van der Waals surface area contributed by atoms with Gasteiger partial charge in [0.05, 0.1) is 27.9 Å². The lowest BCUT2D eigenvalue weighted by Gasteiger charge is -2.12. The van der Waals surface area contributed by atoms with E-state index in [4.69, 9.17) is 0 Å². The number of hydrogen-bond donors (Lipinski definition) is 0. The Hall–Kier alpha value is -1.86. The Morgan fingerprint density at radius 3 is 2.84 bits per heavy atom. The van der Waals surface area contributed by atoms with Crippen LogP contribution in [0.4, 0.5) is 0 Å². The fourth-order valence-electron chi connectivity index (χ4n) is 2.43. The van der Waals surface area contributed by atoms with Crippen LogP contribution in [0.2, 0.25) is 0 Å². The van der Waals surface area contributed by atoms with Crippen LogP contribution in [-0.2, 0) is 0 Å². The van der Waals surface area contributed by atoms with Crippen molar-refractivity contribution in [1.29, 1.82) is 5.26 Å². The number of nitriles is 1. The van der Waals surface area contributed by atoms with E-state index in [0.29, 0.717) is 5.92 Å². The maximum Gasteiger partial charge on any atom is 0.194 e. The van der Waals surface area contributed by atoms with Crippen LogP contribution in [0.3, 0.4) is 0 Å². The highest BCUT2D eigenvalue weighted by Gasteiger charge is 2.16. The maximum absolute atomic E-state index is 9.29. The van der Waals surface area contributed by atoms with Gasteiger partial charge in [-0.2, -0.15) is 5.26 Å². The van der Waals surface area contributed by atoms with Crippen LogP contribution < -0.4 is 0 Å². The second-order valence-corrected chi connectivity index (χ2v) is 6.22. The van der Waals surface area contributed by atoms with Crippen molar-refractivity contribution in [2.75, 3.05) is 0 Å². The molecule has 96 valence electrons. The summed E-state index contributed by atoms with van der Waals surface area (Å²) >= 11 is 1.68. The lowest BCUT2D eigenvalue weighted by Crippen LogP contribution is -2.03. The van der Waals surface area contributed by atoms with E-state index in [-0.39, 0.29) is 5.92 Å². The lowest BCUT2D eigenvalue weighted by molar-refractivity contribution is 0.588. The SMILES string of the molecule is Cc1cn2c(n1)sc1cc(C(C#N)C(C)C)ccc12. The van der Waals surface area contributed by atoms with E-state index in [1.807, 2.05) is 6.92 Å². The van der Waals surface area contributed by atoms with Gasteiger partial charge in [-0.15, -0.1) is 0 Å². The second-order valence-electron chi connectivity index (χ2n) is 5.21. The van der Waals surface area contributed by atoms with E-state index in [1.165, 1.54) is 10.2 Å². The third-order valence-electron chi connectivity index (χ3n) is 3.40. The Balaban J connectivity index is 2.19. The first-order valence-corrected chi connectivity index (χ1v) is 7.19. The molecule has 4 heteroatoms. The van der Waals surface area contributed by atoms with Gasteiger partial charge in [0.2, 0.25) is 0 Å². The summed E-state index contributed by atoms with van der Waals surface area (Å²) in [6.07, 6.45) is 2.05. The largest absolute Gasteiger partial charge is 0.290 e. The van der Waals surface area contributed by atoms with Crippen molar-refractivity contribution in [1.82, 2.24) is 9.38 Å². The minimum Gasteiger partial charge on any atom is -0.290 e. The minimum absolute atomic E-state index is 0.0412. The molecule has 0 aliphatic rings. The highest BCUT2D eigenvalue weighted by Crippen LogP contribution is 2.31. The second kappa shape index (κ2) is 4.36. The molecule has 0 saturated carbocycles. The Morgan fingerprint density at radius 1 is 1.37 bits per heavy atom. The van der Waals surface area contributed by atoms with Gasteiger partial charge >= 0.3 is 0 Å². The van der Waals surface area contributed by atoms with Gasteiger partial charge in [0.25, 0.3) is 0 Å². The highest BCUT2D eigenvalue weighted by atomic mass is 32.1. The number of nitrogens with zero attached hydrogens (tertiary/aromatic N) is 3. The van der Waals surface area contributed by atoms with Gasteiger partial charge in [-0.05, 0) is 30.5 Å². The Labute approximate surface area is 116 Å². The molecule has 0 N–H and O–H groups in total. The normalized spacial score (nSPS) is 13.2. The van der Waals surface area contributed by atoms with Crippen molar-refractivity contribution >= 4 is 26.5 Å². The average Bonchev–Trinajstić information content (AvgIpc) is 2.84. The van der Waals surface area contributed by atoms with Gasteiger partial charge in [0.1, 0.15) is 0 Å². The average molecular weight is 269 g/mol. The van der Waals surface area contributed by atoms with Crippen LogP contribution in [-0.4, -0.2) is 9.38 Å².